The van der Waals surface area contributed by atoms with Crippen LogP contribution in [0.15, 0.2) is 36.7 Å². The number of pyridine rings is 1. The van der Waals surface area contributed by atoms with E-state index in [1.165, 1.54) is 29.2 Å². The van der Waals surface area contributed by atoms with Crippen LogP contribution >= 0.6 is 23.2 Å². The van der Waals surface area contributed by atoms with Gasteiger partial charge in [-0.25, -0.2) is 28.3 Å². The van der Waals surface area contributed by atoms with Gasteiger partial charge in [0.05, 0.1) is 34.7 Å². The van der Waals surface area contributed by atoms with Gasteiger partial charge in [-0.1, -0.05) is 17.7 Å². The normalized spacial score (nSPS) is 13.9. The summed E-state index contributed by atoms with van der Waals surface area (Å²) in [7, 11) is 1.61. The molecule has 0 fully saturated rings. The van der Waals surface area contributed by atoms with Gasteiger partial charge < -0.3 is 19.1 Å². The van der Waals surface area contributed by atoms with Gasteiger partial charge in [-0.2, -0.15) is 15.0 Å². The summed E-state index contributed by atoms with van der Waals surface area (Å²) in [4.78, 5) is 42.8. The van der Waals surface area contributed by atoms with Crippen molar-refractivity contribution in [2.24, 2.45) is 7.05 Å². The van der Waals surface area contributed by atoms with Crippen molar-refractivity contribution in [1.29, 1.82) is 0 Å². The van der Waals surface area contributed by atoms with Crippen LogP contribution in [0.2, 0.25) is 10.3 Å². The average Bonchev–Trinajstić information content (AvgIpc) is 3.28. The quantitative estimate of drug-likeness (QED) is 0.165. The number of rotatable bonds is 4. The minimum Gasteiger partial charge on any atom is -0.489 e. The zero-order valence-corrected chi connectivity index (χ0v) is 30.7. The summed E-state index contributed by atoms with van der Waals surface area (Å²) in [6.45, 7) is 11.9. The van der Waals surface area contributed by atoms with Gasteiger partial charge in [-0.15, -0.1) is 0 Å². The van der Waals surface area contributed by atoms with Crippen LogP contribution in [0.5, 0.6) is 5.75 Å². The Bertz CT molecular complexity index is 2190. The van der Waals surface area contributed by atoms with E-state index in [9.17, 15) is 9.59 Å². The molecule has 3 aromatic heterocycles. The molecule has 51 heavy (non-hydrogen) atoms. The van der Waals surface area contributed by atoms with Crippen molar-refractivity contribution in [2.45, 2.75) is 65.7 Å². The van der Waals surface area contributed by atoms with Gasteiger partial charge >= 0.3 is 12.2 Å². The summed E-state index contributed by atoms with van der Waals surface area (Å²) in [6, 6.07) is 5.35. The Morgan fingerprint density at radius 2 is 1.67 bits per heavy atom. The van der Waals surface area contributed by atoms with Gasteiger partial charge in [-0.05, 0) is 78.3 Å². The average molecular weight is 743 g/mol. The second kappa shape index (κ2) is 13.1. The van der Waals surface area contributed by atoms with Crippen LogP contribution in [0, 0.1) is 11.6 Å². The minimum absolute atomic E-state index is 0.00798. The molecule has 1 unspecified atom stereocenters. The lowest BCUT2D eigenvalue weighted by atomic mass is 9.98. The monoisotopic (exact) mass is 741 g/mol. The molecule has 268 valence electrons. The number of fused-ring (bicyclic) bond motifs is 1. The molecule has 0 saturated heterocycles. The number of anilines is 2. The molecule has 2 amide bonds. The number of halogens is 4. The third-order valence-electron chi connectivity index (χ3n) is 7.99. The maximum Gasteiger partial charge on any atom is 0.425 e. The molecule has 0 bridgehead atoms. The van der Waals surface area contributed by atoms with Crippen LogP contribution in [0.25, 0.3) is 32.9 Å². The first-order valence-electron chi connectivity index (χ1n) is 16.0. The summed E-state index contributed by atoms with van der Waals surface area (Å²) >= 11 is 13.4. The van der Waals surface area contributed by atoms with Crippen molar-refractivity contribution in [2.75, 3.05) is 23.0 Å². The first kappa shape index (κ1) is 36.0. The van der Waals surface area contributed by atoms with E-state index in [1.807, 2.05) is 0 Å². The first-order chi connectivity index (χ1) is 23.9. The zero-order chi connectivity index (χ0) is 37.2. The number of carbonyl (C=O) groups excluding carboxylic acids is 2. The molecule has 1 aliphatic heterocycles. The van der Waals surface area contributed by atoms with E-state index in [2.05, 4.69) is 20.1 Å². The smallest absolute Gasteiger partial charge is 0.425 e. The number of hydrogen-bond donors (Lipinski definition) is 0. The van der Waals surface area contributed by atoms with E-state index < -0.39 is 41.1 Å². The Balaban J connectivity index is 1.54. The molecule has 0 N–H and O–H groups in total. The standard InChI is InChI=1S/C35H35Cl2F2N7O5/c1-17(19-10-9-13-40-29(19)46(32(47)50-34(2,3)4)33(48)51-35(5,6)7)45-14-15-49-28-23-26(42-31(37)43-30(23)45)25(39)22(24(28)36)21-20(38)12-11-18-16-41-44(8)27(18)21/h9-13,16-17H,14-15H2,1-8H3. The first-order valence-corrected chi connectivity index (χ1v) is 16.7. The van der Waals surface area contributed by atoms with E-state index in [0.29, 0.717) is 16.5 Å². The number of ether oxygens (including phenoxy) is 3. The molecule has 4 heterocycles. The predicted octanol–water partition coefficient (Wildman–Crippen LogP) is 8.80. The van der Waals surface area contributed by atoms with Crippen molar-refractivity contribution < 1.29 is 32.6 Å². The number of nitrogens with zero attached hydrogens (tertiary/aromatic N) is 7. The van der Waals surface area contributed by atoms with E-state index >= 15 is 8.78 Å². The zero-order valence-electron chi connectivity index (χ0n) is 29.1. The van der Waals surface area contributed by atoms with E-state index in [1.54, 1.807) is 72.5 Å². The van der Waals surface area contributed by atoms with Crippen molar-refractivity contribution in [3.8, 4) is 16.9 Å². The number of carbonyl (C=O) groups is 2. The van der Waals surface area contributed by atoms with Crippen molar-refractivity contribution in [3.05, 3.63) is 64.2 Å². The Morgan fingerprint density at radius 3 is 2.31 bits per heavy atom. The Kier molecular flexibility index (Phi) is 9.21. The Labute approximate surface area is 302 Å². The van der Waals surface area contributed by atoms with Gasteiger partial charge in [0.1, 0.15) is 35.0 Å². The molecule has 12 nitrogen and oxygen atoms in total. The molecule has 16 heteroatoms. The molecule has 1 aliphatic rings. The molecule has 0 aliphatic carbocycles. The Morgan fingerprint density at radius 1 is 1.00 bits per heavy atom. The topological polar surface area (TPSA) is 125 Å². The highest BCUT2D eigenvalue weighted by Gasteiger charge is 2.38. The molecule has 2 aromatic carbocycles. The largest absolute Gasteiger partial charge is 0.489 e. The summed E-state index contributed by atoms with van der Waals surface area (Å²) < 4.78 is 51.2. The highest BCUT2D eigenvalue weighted by atomic mass is 35.5. The van der Waals surface area contributed by atoms with E-state index in [0.717, 1.165) is 4.90 Å². The minimum atomic E-state index is -1.00. The lowest BCUT2D eigenvalue weighted by Gasteiger charge is -2.33. The predicted molar refractivity (Wildman–Crippen MR) is 190 cm³/mol. The van der Waals surface area contributed by atoms with Crippen LogP contribution < -0.4 is 14.5 Å². The van der Waals surface area contributed by atoms with Crippen LogP contribution in [0.3, 0.4) is 0 Å². The molecule has 0 spiro atoms. The lowest BCUT2D eigenvalue weighted by molar-refractivity contribution is 0.0428. The van der Waals surface area contributed by atoms with Crippen LogP contribution in [0.4, 0.5) is 30.0 Å². The second-order valence-electron chi connectivity index (χ2n) is 13.9. The Hall–Kier alpha value is -4.82. The number of aromatic nitrogens is 5. The molecule has 5 aromatic rings. The summed E-state index contributed by atoms with van der Waals surface area (Å²) in [6.07, 6.45) is 0.954. The van der Waals surface area contributed by atoms with Gasteiger partial charge in [0.25, 0.3) is 0 Å². The highest BCUT2D eigenvalue weighted by molar-refractivity contribution is 6.37. The summed E-state index contributed by atoms with van der Waals surface area (Å²) in [5, 5.41) is 4.37. The molecule has 1 atom stereocenters. The third-order valence-corrected chi connectivity index (χ3v) is 8.52. The van der Waals surface area contributed by atoms with Gasteiger partial charge in [-0.3, -0.25) is 4.68 Å². The number of amides is 2. The number of aryl methyl sites for hydroxylation is 1. The third kappa shape index (κ3) is 6.69. The molecular weight excluding hydrogens is 707 g/mol. The number of imide groups is 1. The van der Waals surface area contributed by atoms with Crippen LogP contribution in [-0.4, -0.2) is 61.3 Å². The number of benzene rings is 2. The fourth-order valence-corrected chi connectivity index (χ4v) is 6.44. The molecule has 0 radical (unpaired) electrons. The SMILES string of the molecule is CC(c1cccnc1N(C(=O)OC(C)(C)C)C(=O)OC(C)(C)C)N1CCOc2c(Cl)c(-c3c(F)ccc4cnn(C)c34)c(F)c3nc(Cl)nc1c23. The van der Waals surface area contributed by atoms with Crippen molar-refractivity contribution in [3.63, 3.8) is 0 Å². The molecule has 0 saturated carbocycles. The fraction of sp³-hybridized carbons (Fsp3) is 0.371. The van der Waals surface area contributed by atoms with Gasteiger partial charge in [0.2, 0.25) is 5.28 Å². The summed E-state index contributed by atoms with van der Waals surface area (Å²) in [5.74, 6) is -1.56. The van der Waals surface area contributed by atoms with Gasteiger partial charge in [0.15, 0.2) is 17.4 Å². The number of hydrogen-bond acceptors (Lipinski definition) is 10. The van der Waals surface area contributed by atoms with Crippen LogP contribution in [-0.2, 0) is 16.5 Å². The molecular formula is C35H35Cl2F2N7O5. The summed E-state index contributed by atoms with van der Waals surface area (Å²) in [5.41, 5.74) is -1.86. The van der Waals surface area contributed by atoms with Crippen molar-refractivity contribution >= 4 is 68.8 Å². The lowest BCUT2D eigenvalue weighted by Crippen LogP contribution is -2.45. The van der Waals surface area contributed by atoms with Crippen molar-refractivity contribution in [1.82, 2.24) is 24.7 Å². The van der Waals surface area contributed by atoms with Crippen LogP contribution in [0.1, 0.15) is 60.1 Å². The van der Waals surface area contributed by atoms with Gasteiger partial charge in [0, 0.05) is 35.3 Å². The van der Waals surface area contributed by atoms with E-state index in [4.69, 9.17) is 37.4 Å². The maximum absolute atomic E-state index is 16.8. The maximum atomic E-state index is 16.8. The van der Waals surface area contributed by atoms with E-state index in [-0.39, 0.29) is 62.9 Å². The fourth-order valence-electron chi connectivity index (χ4n) is 5.95. The second-order valence-corrected chi connectivity index (χ2v) is 14.6. The highest BCUT2D eigenvalue weighted by Crippen LogP contribution is 2.50. The molecule has 6 rings (SSSR count).